The Hall–Kier alpha value is -1.73. The minimum absolute atomic E-state index is 0.133. The van der Waals surface area contributed by atoms with E-state index in [0.29, 0.717) is 41.0 Å². The van der Waals surface area contributed by atoms with E-state index in [1.165, 1.54) is 17.8 Å². The summed E-state index contributed by atoms with van der Waals surface area (Å²) in [4.78, 5) is 33.1. The van der Waals surface area contributed by atoms with Crippen LogP contribution in [0.4, 0.5) is 0 Å². The Bertz CT molecular complexity index is 799. The van der Waals surface area contributed by atoms with Crippen LogP contribution in [-0.4, -0.2) is 38.0 Å². The molecule has 0 spiro atoms. The number of rotatable bonds is 3. The van der Waals surface area contributed by atoms with Crippen molar-refractivity contribution in [2.75, 3.05) is 0 Å². The third-order valence-corrected chi connectivity index (χ3v) is 6.10. The van der Waals surface area contributed by atoms with Crippen LogP contribution in [0.1, 0.15) is 37.9 Å². The number of H-pyrrole nitrogens is 1. The molecule has 7 heteroatoms. The maximum Gasteiger partial charge on any atom is 0.320 e. The molecule has 2 aromatic rings. The van der Waals surface area contributed by atoms with Crippen LogP contribution in [0.5, 0.6) is 0 Å². The van der Waals surface area contributed by atoms with Gasteiger partial charge in [0.25, 0.3) is 5.56 Å². The largest absolute Gasteiger partial charge is 0.480 e. The summed E-state index contributed by atoms with van der Waals surface area (Å²) in [7, 11) is 0. The van der Waals surface area contributed by atoms with Crippen molar-refractivity contribution in [3.05, 3.63) is 27.6 Å². The number of nitrogens with one attached hydrogen (secondary N) is 1. The van der Waals surface area contributed by atoms with Crippen LogP contribution >= 0.6 is 11.3 Å². The summed E-state index contributed by atoms with van der Waals surface area (Å²) in [6.07, 6.45) is 5.21. The number of fused-ring (bicyclic) bond motifs is 2. The van der Waals surface area contributed by atoms with E-state index in [-0.39, 0.29) is 5.56 Å². The van der Waals surface area contributed by atoms with Gasteiger partial charge < -0.3 is 10.1 Å². The molecule has 4 rings (SSSR count). The van der Waals surface area contributed by atoms with Gasteiger partial charge in [0.05, 0.1) is 12.1 Å². The van der Waals surface area contributed by atoms with Gasteiger partial charge in [-0.25, -0.2) is 4.98 Å². The number of aromatic nitrogens is 2. The van der Waals surface area contributed by atoms with E-state index in [2.05, 4.69) is 9.97 Å². The molecule has 1 saturated carbocycles. The Morgan fingerprint density at radius 1 is 1.43 bits per heavy atom. The Morgan fingerprint density at radius 2 is 2.26 bits per heavy atom. The van der Waals surface area contributed by atoms with Gasteiger partial charge >= 0.3 is 5.97 Å². The van der Waals surface area contributed by atoms with Crippen LogP contribution in [0.3, 0.4) is 0 Å². The third-order valence-electron chi connectivity index (χ3n) is 5.20. The van der Waals surface area contributed by atoms with Gasteiger partial charge in [-0.05, 0) is 36.6 Å². The molecule has 1 saturated heterocycles. The van der Waals surface area contributed by atoms with E-state index in [1.807, 2.05) is 16.3 Å². The number of carboxylic acid groups (broad SMARTS) is 1. The van der Waals surface area contributed by atoms with E-state index in [0.717, 1.165) is 19.3 Å². The Kier molecular flexibility index (Phi) is 3.69. The molecule has 0 amide bonds. The lowest BCUT2D eigenvalue weighted by Gasteiger charge is -2.32. The maximum atomic E-state index is 12.1. The van der Waals surface area contributed by atoms with Crippen LogP contribution in [-0.2, 0) is 11.3 Å². The molecule has 1 aliphatic carbocycles. The minimum atomic E-state index is -0.765. The van der Waals surface area contributed by atoms with E-state index in [1.54, 1.807) is 0 Å². The van der Waals surface area contributed by atoms with E-state index >= 15 is 0 Å². The van der Waals surface area contributed by atoms with Crippen LogP contribution in [0.25, 0.3) is 10.2 Å². The van der Waals surface area contributed by atoms with Crippen molar-refractivity contribution in [1.29, 1.82) is 0 Å². The van der Waals surface area contributed by atoms with Crippen molar-refractivity contribution >= 4 is 27.5 Å². The van der Waals surface area contributed by atoms with Gasteiger partial charge in [0.2, 0.25) is 0 Å². The molecule has 122 valence electrons. The van der Waals surface area contributed by atoms with Gasteiger partial charge in [-0.1, -0.05) is 12.8 Å². The fraction of sp³-hybridized carbons (Fsp3) is 0.562. The second-order valence-corrected chi connectivity index (χ2v) is 7.44. The standard InChI is InChI=1S/C16H19N3O3S/c20-15-14-10(5-6-23-14)17-13(18-15)8-19-11-4-2-1-3-9(11)7-12(19)16(21)22/h5-6,9,11-12H,1-4,7-8H2,(H,21,22)(H,17,18,20)/t9-,11+,12+/m1/s1. The van der Waals surface area contributed by atoms with Crippen molar-refractivity contribution < 1.29 is 9.90 Å². The number of thiophene rings is 1. The topological polar surface area (TPSA) is 86.3 Å². The van der Waals surface area contributed by atoms with E-state index in [9.17, 15) is 14.7 Å². The number of aliphatic carboxylic acids is 1. The summed E-state index contributed by atoms with van der Waals surface area (Å²) in [6, 6.07) is 1.67. The number of hydrogen-bond acceptors (Lipinski definition) is 5. The van der Waals surface area contributed by atoms with Gasteiger partial charge in [0.15, 0.2) is 0 Å². The molecule has 2 aliphatic rings. The molecule has 3 heterocycles. The fourth-order valence-corrected chi connectivity index (χ4v) is 4.92. The molecule has 2 fully saturated rings. The van der Waals surface area contributed by atoms with Gasteiger partial charge in [-0.3, -0.25) is 14.5 Å². The monoisotopic (exact) mass is 333 g/mol. The predicted octanol–water partition coefficient (Wildman–Crippen LogP) is 2.20. The second kappa shape index (κ2) is 5.72. The van der Waals surface area contributed by atoms with Crippen LogP contribution in [0, 0.1) is 5.92 Å². The average Bonchev–Trinajstić information content (AvgIpc) is 3.13. The number of nitrogens with zero attached hydrogens (tertiary/aromatic N) is 2. The zero-order valence-corrected chi connectivity index (χ0v) is 13.5. The van der Waals surface area contributed by atoms with Crippen molar-refractivity contribution in [2.24, 2.45) is 5.92 Å². The summed E-state index contributed by atoms with van der Waals surface area (Å²) in [5.41, 5.74) is 0.561. The fourth-order valence-electron chi connectivity index (χ4n) is 4.19. The van der Waals surface area contributed by atoms with Crippen molar-refractivity contribution in [3.63, 3.8) is 0 Å². The van der Waals surface area contributed by atoms with Gasteiger partial charge in [0.1, 0.15) is 16.6 Å². The summed E-state index contributed by atoms with van der Waals surface area (Å²) >= 11 is 1.38. The quantitative estimate of drug-likeness (QED) is 0.899. The molecule has 0 radical (unpaired) electrons. The maximum absolute atomic E-state index is 12.1. The molecule has 3 atom stereocenters. The lowest BCUT2D eigenvalue weighted by atomic mass is 9.85. The number of likely N-dealkylation sites (tertiary alicyclic amines) is 1. The van der Waals surface area contributed by atoms with Gasteiger partial charge in [-0.15, -0.1) is 11.3 Å². The summed E-state index contributed by atoms with van der Waals surface area (Å²) in [6.45, 7) is 0.402. The molecule has 6 nitrogen and oxygen atoms in total. The van der Waals surface area contributed by atoms with Crippen molar-refractivity contribution in [3.8, 4) is 0 Å². The highest BCUT2D eigenvalue weighted by Gasteiger charge is 2.45. The average molecular weight is 333 g/mol. The first-order valence-electron chi connectivity index (χ1n) is 8.08. The predicted molar refractivity (Wildman–Crippen MR) is 87.6 cm³/mol. The molecule has 0 unspecified atom stereocenters. The first-order chi connectivity index (χ1) is 11.1. The van der Waals surface area contributed by atoms with Crippen molar-refractivity contribution in [2.45, 2.75) is 50.7 Å². The lowest BCUT2D eigenvalue weighted by molar-refractivity contribution is -0.142. The minimum Gasteiger partial charge on any atom is -0.480 e. The van der Waals surface area contributed by atoms with Crippen LogP contribution in [0.15, 0.2) is 16.2 Å². The van der Waals surface area contributed by atoms with Crippen LogP contribution in [0.2, 0.25) is 0 Å². The van der Waals surface area contributed by atoms with E-state index < -0.39 is 12.0 Å². The zero-order chi connectivity index (χ0) is 16.0. The summed E-state index contributed by atoms with van der Waals surface area (Å²) < 4.78 is 0.625. The Morgan fingerprint density at radius 3 is 3.09 bits per heavy atom. The van der Waals surface area contributed by atoms with Crippen LogP contribution < -0.4 is 5.56 Å². The highest BCUT2D eigenvalue weighted by molar-refractivity contribution is 7.17. The molecule has 23 heavy (non-hydrogen) atoms. The zero-order valence-electron chi connectivity index (χ0n) is 12.7. The second-order valence-electron chi connectivity index (χ2n) is 6.52. The van der Waals surface area contributed by atoms with Gasteiger partial charge in [-0.2, -0.15) is 0 Å². The smallest absolute Gasteiger partial charge is 0.320 e. The summed E-state index contributed by atoms with van der Waals surface area (Å²) in [5.74, 6) is 0.262. The lowest BCUT2D eigenvalue weighted by Crippen LogP contribution is -2.42. The number of carbonyl (C=O) groups is 1. The first-order valence-corrected chi connectivity index (χ1v) is 8.96. The number of aromatic amines is 1. The Labute approximate surface area is 137 Å². The molecule has 2 N–H and O–H groups in total. The third kappa shape index (κ3) is 2.57. The van der Waals surface area contributed by atoms with Crippen molar-refractivity contribution in [1.82, 2.24) is 14.9 Å². The molecule has 0 bridgehead atoms. The number of carboxylic acids is 1. The normalized spacial score (nSPS) is 28.1. The molecule has 0 aromatic carbocycles. The highest BCUT2D eigenvalue weighted by Crippen LogP contribution is 2.40. The van der Waals surface area contributed by atoms with E-state index in [4.69, 9.17) is 0 Å². The van der Waals surface area contributed by atoms with Gasteiger partial charge in [0, 0.05) is 6.04 Å². The molecule has 2 aromatic heterocycles. The highest BCUT2D eigenvalue weighted by atomic mass is 32.1. The molecule has 1 aliphatic heterocycles. The number of hydrogen-bond donors (Lipinski definition) is 2. The molecular formula is C16H19N3O3S. The summed E-state index contributed by atoms with van der Waals surface area (Å²) in [5, 5.41) is 11.4. The first kappa shape index (κ1) is 14.8. The molecular weight excluding hydrogens is 314 g/mol. The SMILES string of the molecule is O=C(O)[C@@H]1C[C@H]2CCCC[C@@H]2N1Cc1nc2ccsc2c(=O)[nH]1. The Balaban J connectivity index is 1.66.